The molecular weight excluding hydrogens is 268 g/mol. The molecule has 1 aliphatic heterocycles. The van der Waals surface area contributed by atoms with Gasteiger partial charge in [0.1, 0.15) is 17.7 Å². The summed E-state index contributed by atoms with van der Waals surface area (Å²) in [5.74, 6) is 1.49. The largest absolute Gasteiger partial charge is 0.358 e. The molecule has 112 valence electrons. The maximum Gasteiger partial charge on any atom is 0.245 e. The summed E-state index contributed by atoms with van der Waals surface area (Å²) in [6, 6.07) is 0.0138. The van der Waals surface area contributed by atoms with Gasteiger partial charge >= 0.3 is 0 Å². The first-order valence-electron chi connectivity index (χ1n) is 7.20. The zero-order valence-electron chi connectivity index (χ0n) is 12.8. The normalized spacial score (nSPS) is 19.0. The van der Waals surface area contributed by atoms with Crippen LogP contribution in [0.4, 0.5) is 5.82 Å². The molecule has 1 atom stereocenters. The fraction of sp³-hybridized carbons (Fsp3) is 0.571. The van der Waals surface area contributed by atoms with E-state index in [-0.39, 0.29) is 18.0 Å². The number of rotatable bonds is 3. The van der Waals surface area contributed by atoms with E-state index in [4.69, 9.17) is 0 Å². The highest BCUT2D eigenvalue weighted by molar-refractivity contribution is 5.91. The van der Waals surface area contributed by atoms with Crippen LogP contribution in [0.1, 0.15) is 26.1 Å². The minimum Gasteiger partial charge on any atom is -0.358 e. The quantitative estimate of drug-likeness (QED) is 0.915. The molecule has 3 heterocycles. The predicted molar refractivity (Wildman–Crippen MR) is 79.9 cm³/mol. The van der Waals surface area contributed by atoms with E-state index in [1.165, 1.54) is 0 Å². The van der Waals surface area contributed by atoms with Crippen LogP contribution >= 0.6 is 0 Å². The first-order valence-corrected chi connectivity index (χ1v) is 7.20. The van der Waals surface area contributed by atoms with Crippen LogP contribution in [0.3, 0.4) is 0 Å². The molecule has 1 fully saturated rings. The molecule has 7 nitrogen and oxygen atoms in total. The van der Waals surface area contributed by atoms with Crippen molar-refractivity contribution in [1.82, 2.24) is 24.6 Å². The Morgan fingerprint density at radius 2 is 2.14 bits per heavy atom. The van der Waals surface area contributed by atoms with Crippen molar-refractivity contribution >= 4 is 22.8 Å². The Balaban J connectivity index is 1.91. The summed E-state index contributed by atoms with van der Waals surface area (Å²) in [5, 5.41) is 8.34. The van der Waals surface area contributed by atoms with E-state index in [1.54, 1.807) is 10.9 Å². The van der Waals surface area contributed by atoms with Gasteiger partial charge in [0, 0.05) is 19.6 Å². The van der Waals surface area contributed by atoms with Gasteiger partial charge in [-0.15, -0.1) is 0 Å². The Labute approximate surface area is 123 Å². The molecule has 0 aliphatic carbocycles. The molecule has 0 unspecified atom stereocenters. The lowest BCUT2D eigenvalue weighted by atomic mass is 10.2. The van der Waals surface area contributed by atoms with E-state index in [0.717, 1.165) is 24.0 Å². The second kappa shape index (κ2) is 4.98. The fourth-order valence-corrected chi connectivity index (χ4v) is 2.75. The highest BCUT2D eigenvalue weighted by Gasteiger charge is 2.33. The summed E-state index contributed by atoms with van der Waals surface area (Å²) < 4.78 is 1.71. The molecule has 0 radical (unpaired) electrons. The lowest BCUT2D eigenvalue weighted by Crippen LogP contribution is -2.37. The van der Waals surface area contributed by atoms with E-state index in [2.05, 4.69) is 20.4 Å². The molecule has 1 amide bonds. The molecule has 2 aromatic heterocycles. The van der Waals surface area contributed by atoms with Crippen molar-refractivity contribution in [3.63, 3.8) is 0 Å². The van der Waals surface area contributed by atoms with Crippen molar-refractivity contribution in [2.45, 2.75) is 39.3 Å². The minimum atomic E-state index is -0.217. The zero-order valence-corrected chi connectivity index (χ0v) is 12.8. The third-order valence-corrected chi connectivity index (χ3v) is 3.88. The van der Waals surface area contributed by atoms with Gasteiger partial charge in [0.2, 0.25) is 5.91 Å². The monoisotopic (exact) mass is 288 g/mol. The van der Waals surface area contributed by atoms with Crippen LogP contribution in [0.5, 0.6) is 0 Å². The van der Waals surface area contributed by atoms with Crippen LogP contribution in [-0.4, -0.2) is 49.2 Å². The maximum absolute atomic E-state index is 12.4. The number of carbonyl (C=O) groups is 1. The van der Waals surface area contributed by atoms with E-state index in [9.17, 15) is 4.79 Å². The van der Waals surface area contributed by atoms with Gasteiger partial charge in [0.25, 0.3) is 0 Å². The second-order valence-corrected chi connectivity index (χ2v) is 5.74. The molecule has 1 aliphatic rings. The number of aryl methyl sites for hydroxylation is 2. The smallest absolute Gasteiger partial charge is 0.245 e. The van der Waals surface area contributed by atoms with Gasteiger partial charge in [-0.2, -0.15) is 5.10 Å². The van der Waals surface area contributed by atoms with Crippen molar-refractivity contribution in [2.75, 3.05) is 11.9 Å². The van der Waals surface area contributed by atoms with Crippen LogP contribution < -0.4 is 5.32 Å². The van der Waals surface area contributed by atoms with E-state index >= 15 is 0 Å². The van der Waals surface area contributed by atoms with Gasteiger partial charge in [0.15, 0.2) is 5.65 Å². The number of aromatic nitrogens is 4. The molecule has 21 heavy (non-hydrogen) atoms. The number of fused-ring (bicyclic) bond motifs is 1. The third kappa shape index (κ3) is 2.32. The highest BCUT2D eigenvalue weighted by atomic mass is 16.2. The molecule has 0 saturated carbocycles. The standard InChI is InChI=1S/C14H20N6O/c1-8(2)20-6-5-11(14(20)21)18-12-10-7-15-19(4)13(10)17-9(3)16-12/h7-8,11H,5-6H2,1-4H3,(H,16,17,18)/t11-/m1/s1. The summed E-state index contributed by atoms with van der Waals surface area (Å²) in [7, 11) is 1.85. The molecule has 3 rings (SSSR count). The topological polar surface area (TPSA) is 75.9 Å². The van der Waals surface area contributed by atoms with Crippen LogP contribution in [0, 0.1) is 6.92 Å². The van der Waals surface area contributed by atoms with Gasteiger partial charge in [-0.3, -0.25) is 9.48 Å². The summed E-state index contributed by atoms with van der Waals surface area (Å²) >= 11 is 0. The summed E-state index contributed by atoms with van der Waals surface area (Å²) in [4.78, 5) is 23.1. The van der Waals surface area contributed by atoms with Crippen molar-refractivity contribution in [2.24, 2.45) is 7.05 Å². The molecule has 0 bridgehead atoms. The number of nitrogens with zero attached hydrogens (tertiary/aromatic N) is 5. The van der Waals surface area contributed by atoms with Crippen molar-refractivity contribution < 1.29 is 4.79 Å². The highest BCUT2D eigenvalue weighted by Crippen LogP contribution is 2.23. The molecule has 1 N–H and O–H groups in total. The molecule has 1 saturated heterocycles. The van der Waals surface area contributed by atoms with Gasteiger partial charge in [-0.25, -0.2) is 9.97 Å². The number of hydrogen-bond acceptors (Lipinski definition) is 5. The van der Waals surface area contributed by atoms with Gasteiger partial charge in [-0.05, 0) is 27.2 Å². The van der Waals surface area contributed by atoms with Crippen LogP contribution in [0.15, 0.2) is 6.20 Å². The Bertz CT molecular complexity index is 692. The van der Waals surface area contributed by atoms with Crippen LogP contribution in [0.2, 0.25) is 0 Å². The number of anilines is 1. The van der Waals surface area contributed by atoms with E-state index < -0.39 is 0 Å². The molecule has 7 heteroatoms. The van der Waals surface area contributed by atoms with Gasteiger partial charge in [0.05, 0.1) is 11.6 Å². The van der Waals surface area contributed by atoms with Gasteiger partial charge in [-0.1, -0.05) is 0 Å². The van der Waals surface area contributed by atoms with E-state index in [0.29, 0.717) is 11.6 Å². The molecule has 2 aromatic rings. The number of amides is 1. The summed E-state index contributed by atoms with van der Waals surface area (Å²) in [6.07, 6.45) is 2.53. The van der Waals surface area contributed by atoms with Crippen molar-refractivity contribution in [3.05, 3.63) is 12.0 Å². The fourth-order valence-electron chi connectivity index (χ4n) is 2.75. The predicted octanol–water partition coefficient (Wildman–Crippen LogP) is 1.09. The number of hydrogen-bond donors (Lipinski definition) is 1. The maximum atomic E-state index is 12.4. The Kier molecular flexibility index (Phi) is 3.27. The number of nitrogens with one attached hydrogen (secondary N) is 1. The number of carbonyl (C=O) groups excluding carboxylic acids is 1. The average Bonchev–Trinajstić information content (AvgIpc) is 2.95. The first kappa shape index (κ1) is 13.8. The summed E-state index contributed by atoms with van der Waals surface area (Å²) in [5.41, 5.74) is 0.774. The van der Waals surface area contributed by atoms with Gasteiger partial charge < -0.3 is 10.2 Å². The molecule has 0 spiro atoms. The van der Waals surface area contributed by atoms with Crippen molar-refractivity contribution in [1.29, 1.82) is 0 Å². The lowest BCUT2D eigenvalue weighted by Gasteiger charge is -2.21. The second-order valence-electron chi connectivity index (χ2n) is 5.74. The summed E-state index contributed by atoms with van der Waals surface area (Å²) in [6.45, 7) is 6.70. The Hall–Kier alpha value is -2.18. The first-order chi connectivity index (χ1) is 9.97. The lowest BCUT2D eigenvalue weighted by molar-refractivity contribution is -0.129. The third-order valence-electron chi connectivity index (χ3n) is 3.88. The zero-order chi connectivity index (χ0) is 15.1. The molecular formula is C14H20N6O. The SMILES string of the molecule is Cc1nc(N[C@@H]2CCN(C(C)C)C2=O)c2cnn(C)c2n1. The van der Waals surface area contributed by atoms with E-state index in [1.807, 2.05) is 32.7 Å². The number of likely N-dealkylation sites (tertiary alicyclic amines) is 1. The average molecular weight is 288 g/mol. The van der Waals surface area contributed by atoms with Crippen LogP contribution in [0.25, 0.3) is 11.0 Å². The Morgan fingerprint density at radius 1 is 1.38 bits per heavy atom. The molecule has 0 aromatic carbocycles. The van der Waals surface area contributed by atoms with Crippen LogP contribution in [-0.2, 0) is 11.8 Å². The Morgan fingerprint density at radius 3 is 2.81 bits per heavy atom. The minimum absolute atomic E-state index is 0.137. The van der Waals surface area contributed by atoms with Crippen molar-refractivity contribution in [3.8, 4) is 0 Å².